The highest BCUT2D eigenvalue weighted by molar-refractivity contribution is 5.76. The molecule has 0 fully saturated rings. The first-order chi connectivity index (χ1) is 38.7. The zero-order chi connectivity index (χ0) is 56.2. The van der Waals surface area contributed by atoms with Crippen LogP contribution in [0, 0.1) is 0 Å². The van der Waals surface area contributed by atoms with Gasteiger partial charge in [0.2, 0.25) is 5.91 Å². The molecule has 0 aromatic heterocycles. The third kappa shape index (κ3) is 63.9. The highest BCUT2D eigenvalue weighted by Gasteiger charge is 2.18. The van der Waals surface area contributed by atoms with Gasteiger partial charge in [0, 0.05) is 6.42 Å². The summed E-state index contributed by atoms with van der Waals surface area (Å²) < 4.78 is 0. The Kier molecular flexibility index (Phi) is 65.7. The number of hydrogen-bond acceptors (Lipinski definition) is 3. The van der Waals surface area contributed by atoms with Crippen LogP contribution in [0.1, 0.15) is 335 Å². The van der Waals surface area contributed by atoms with Crippen LogP contribution in [-0.2, 0) is 4.79 Å². The quantitative estimate of drug-likeness (QED) is 0.0420. The van der Waals surface area contributed by atoms with Gasteiger partial charge in [-0.1, -0.05) is 342 Å². The maximum Gasteiger partial charge on any atom is 0.220 e. The number of nitrogens with one attached hydrogen (secondary N) is 1. The molecule has 0 aliphatic carbocycles. The minimum absolute atomic E-state index is 0.0756. The molecule has 0 aromatic carbocycles. The van der Waals surface area contributed by atoms with Gasteiger partial charge in [0.15, 0.2) is 0 Å². The topological polar surface area (TPSA) is 69.6 Å². The Balaban J connectivity index is 3.51. The van der Waals surface area contributed by atoms with Crippen molar-refractivity contribution in [2.75, 3.05) is 6.61 Å². The van der Waals surface area contributed by atoms with E-state index in [2.05, 4.69) is 116 Å². The fraction of sp³-hybridized carbons (Fsp3) is 0.743. The van der Waals surface area contributed by atoms with Gasteiger partial charge in [-0.2, -0.15) is 0 Å². The van der Waals surface area contributed by atoms with Crippen molar-refractivity contribution < 1.29 is 15.0 Å². The normalized spacial score (nSPS) is 13.4. The second-order valence-corrected chi connectivity index (χ2v) is 22.8. The Morgan fingerprint density at radius 2 is 0.577 bits per heavy atom. The fourth-order valence-electron chi connectivity index (χ4n) is 10.1. The van der Waals surface area contributed by atoms with Crippen LogP contribution < -0.4 is 5.32 Å². The number of hydrogen-bond donors (Lipinski definition) is 3. The molecule has 450 valence electrons. The van der Waals surface area contributed by atoms with Gasteiger partial charge in [-0.3, -0.25) is 4.79 Å². The summed E-state index contributed by atoms with van der Waals surface area (Å²) in [6.45, 7) is 4.20. The van der Waals surface area contributed by atoms with Gasteiger partial charge in [-0.25, -0.2) is 0 Å². The van der Waals surface area contributed by atoms with Crippen molar-refractivity contribution in [2.45, 2.75) is 347 Å². The summed E-state index contributed by atoms with van der Waals surface area (Å²) in [7, 11) is 0. The van der Waals surface area contributed by atoms with Crippen LogP contribution in [0.3, 0.4) is 0 Å². The van der Waals surface area contributed by atoms with E-state index in [0.717, 1.165) is 77.0 Å². The molecule has 4 heteroatoms. The lowest BCUT2D eigenvalue weighted by atomic mass is 10.0. The summed E-state index contributed by atoms with van der Waals surface area (Å²) in [5.41, 5.74) is 0. The van der Waals surface area contributed by atoms with E-state index in [9.17, 15) is 15.0 Å². The predicted octanol–water partition coefficient (Wildman–Crippen LogP) is 23.4. The third-order valence-electron chi connectivity index (χ3n) is 15.2. The van der Waals surface area contributed by atoms with Gasteiger partial charge < -0.3 is 15.5 Å². The Morgan fingerprint density at radius 3 is 0.897 bits per heavy atom. The van der Waals surface area contributed by atoms with Gasteiger partial charge in [-0.15, -0.1) is 0 Å². The van der Waals surface area contributed by atoms with Crippen molar-refractivity contribution in [3.05, 3.63) is 109 Å². The van der Waals surface area contributed by atoms with Crippen molar-refractivity contribution in [2.24, 2.45) is 0 Å². The molecule has 0 aliphatic heterocycles. The number of carbonyl (C=O) groups is 1. The summed E-state index contributed by atoms with van der Waals surface area (Å²) in [5, 5.41) is 23.2. The van der Waals surface area contributed by atoms with Crippen LogP contribution in [0.15, 0.2) is 109 Å². The molecule has 2 atom stereocenters. The SMILES string of the molecule is CC/C=C\C/C=C\C/C=C\C/C=C\C/C=C\C/C=C\CCCCCCCCCCCCCCCCCCCCCCC(=O)NC(CO)C(O)/C=C/CC/C=C/CC/C=C/CCCCCCCCCCCCCCCCCCC. The standard InChI is InChI=1S/C74H131NO3/c1-3-5-7-9-11-13-15-17-19-21-23-25-27-29-31-32-33-34-35-36-37-38-39-40-41-42-44-46-48-50-52-54-56-58-60-62-64-66-68-70-74(78)75-72(71-76)73(77)69-67-65-63-61-59-57-55-53-51-49-47-45-43-30-28-26-24-22-20-18-16-14-12-10-8-6-4-2/h5,7,11,13,17,19,23,25,29,31,33-34,51,53,59,61,67,69,72-73,76-77H,3-4,6,8-10,12,14-16,18,20-22,24,26-28,30,32,35-50,52,54-58,60,62-66,68,70-71H2,1-2H3,(H,75,78)/b7-5-,13-11-,19-17-,25-23-,31-29-,34-33-,53-51+,61-59+,69-67+. The maximum absolute atomic E-state index is 12.5. The van der Waals surface area contributed by atoms with E-state index in [1.54, 1.807) is 6.08 Å². The van der Waals surface area contributed by atoms with Crippen LogP contribution in [-0.4, -0.2) is 34.9 Å². The van der Waals surface area contributed by atoms with E-state index in [1.165, 1.54) is 238 Å². The van der Waals surface area contributed by atoms with Crippen LogP contribution in [0.5, 0.6) is 0 Å². The monoisotopic (exact) mass is 1080 g/mol. The van der Waals surface area contributed by atoms with Crippen molar-refractivity contribution in [1.82, 2.24) is 5.32 Å². The number of aliphatic hydroxyl groups is 2. The highest BCUT2D eigenvalue weighted by Crippen LogP contribution is 2.17. The smallest absolute Gasteiger partial charge is 0.220 e. The first kappa shape index (κ1) is 75.0. The minimum atomic E-state index is -0.876. The lowest BCUT2D eigenvalue weighted by Crippen LogP contribution is -2.45. The lowest BCUT2D eigenvalue weighted by Gasteiger charge is -2.19. The first-order valence-electron chi connectivity index (χ1n) is 34.1. The number of allylic oxidation sites excluding steroid dienone is 17. The van der Waals surface area contributed by atoms with Gasteiger partial charge >= 0.3 is 0 Å². The number of rotatable bonds is 62. The molecular weight excluding hydrogens is 951 g/mol. The largest absolute Gasteiger partial charge is 0.394 e. The van der Waals surface area contributed by atoms with E-state index in [4.69, 9.17) is 0 Å². The van der Waals surface area contributed by atoms with E-state index >= 15 is 0 Å². The molecule has 0 spiro atoms. The average molecular weight is 1080 g/mol. The zero-order valence-corrected chi connectivity index (χ0v) is 51.9. The molecule has 4 nitrogen and oxygen atoms in total. The summed E-state index contributed by atoms with van der Waals surface area (Å²) in [5.74, 6) is -0.0756. The van der Waals surface area contributed by atoms with Crippen molar-refractivity contribution in [1.29, 1.82) is 0 Å². The second kappa shape index (κ2) is 68.3. The Morgan fingerprint density at radius 1 is 0.321 bits per heavy atom. The molecule has 1 amide bonds. The molecule has 2 unspecified atom stereocenters. The van der Waals surface area contributed by atoms with Gasteiger partial charge in [0.25, 0.3) is 0 Å². The second-order valence-electron chi connectivity index (χ2n) is 22.8. The molecule has 0 radical (unpaired) electrons. The maximum atomic E-state index is 12.5. The minimum Gasteiger partial charge on any atom is -0.394 e. The Bertz CT molecular complexity index is 1460. The van der Waals surface area contributed by atoms with E-state index in [1.807, 2.05) is 6.08 Å². The molecule has 3 N–H and O–H groups in total. The van der Waals surface area contributed by atoms with Crippen molar-refractivity contribution in [3.63, 3.8) is 0 Å². The number of unbranched alkanes of at least 4 members (excludes halogenated alkanes) is 39. The molecule has 0 heterocycles. The highest BCUT2D eigenvalue weighted by atomic mass is 16.3. The molecule has 0 saturated heterocycles. The molecule has 0 saturated carbocycles. The fourth-order valence-corrected chi connectivity index (χ4v) is 10.1. The molecule has 0 aliphatic rings. The molecule has 78 heavy (non-hydrogen) atoms. The Labute approximate surface area is 486 Å². The summed E-state index contributed by atoms with van der Waals surface area (Å²) in [6, 6.07) is -0.651. The summed E-state index contributed by atoms with van der Waals surface area (Å²) in [4.78, 5) is 12.5. The summed E-state index contributed by atoms with van der Waals surface area (Å²) >= 11 is 0. The van der Waals surface area contributed by atoms with Gasteiger partial charge in [-0.05, 0) is 96.3 Å². The molecule has 0 bridgehead atoms. The van der Waals surface area contributed by atoms with Crippen LogP contribution in [0.25, 0.3) is 0 Å². The van der Waals surface area contributed by atoms with Gasteiger partial charge in [0.05, 0.1) is 18.8 Å². The van der Waals surface area contributed by atoms with Crippen LogP contribution in [0.4, 0.5) is 0 Å². The zero-order valence-electron chi connectivity index (χ0n) is 51.9. The summed E-state index contributed by atoms with van der Waals surface area (Å²) in [6.07, 6.45) is 103. The van der Waals surface area contributed by atoms with E-state index in [-0.39, 0.29) is 12.5 Å². The number of carbonyl (C=O) groups excluding carboxylic acids is 1. The van der Waals surface area contributed by atoms with Crippen LogP contribution in [0.2, 0.25) is 0 Å². The van der Waals surface area contributed by atoms with Crippen molar-refractivity contribution >= 4 is 5.91 Å². The predicted molar refractivity (Wildman–Crippen MR) is 349 cm³/mol. The van der Waals surface area contributed by atoms with Crippen LogP contribution >= 0.6 is 0 Å². The number of amides is 1. The number of aliphatic hydroxyl groups excluding tert-OH is 2. The lowest BCUT2D eigenvalue weighted by molar-refractivity contribution is -0.123. The van der Waals surface area contributed by atoms with E-state index in [0.29, 0.717) is 6.42 Å². The Hall–Kier alpha value is -2.95. The molecular formula is C74H131NO3. The first-order valence-corrected chi connectivity index (χ1v) is 34.1. The van der Waals surface area contributed by atoms with Crippen molar-refractivity contribution in [3.8, 4) is 0 Å². The van der Waals surface area contributed by atoms with Gasteiger partial charge in [0.1, 0.15) is 0 Å². The molecule has 0 rings (SSSR count). The van der Waals surface area contributed by atoms with E-state index < -0.39 is 12.1 Å². The average Bonchev–Trinajstić information content (AvgIpc) is 3.44. The molecule has 0 aromatic rings. The third-order valence-corrected chi connectivity index (χ3v) is 15.2.